The molecule has 0 saturated heterocycles. The second kappa shape index (κ2) is 5.46. The number of nitrogens with two attached hydrogens (primary N) is 1. The predicted molar refractivity (Wildman–Crippen MR) is 84.6 cm³/mol. The molecule has 108 valence electrons. The highest BCUT2D eigenvalue weighted by Crippen LogP contribution is 2.37. The molecule has 21 heavy (non-hydrogen) atoms. The van der Waals surface area contributed by atoms with Gasteiger partial charge in [0.15, 0.2) is 0 Å². The Morgan fingerprint density at radius 2 is 2.00 bits per heavy atom. The number of hydrogen-bond acceptors (Lipinski definition) is 4. The fourth-order valence-electron chi connectivity index (χ4n) is 2.47. The minimum absolute atomic E-state index is 0.239. The lowest BCUT2D eigenvalue weighted by Crippen LogP contribution is -1.95. The Morgan fingerprint density at radius 1 is 1.24 bits per heavy atom. The van der Waals surface area contributed by atoms with Crippen LogP contribution >= 0.6 is 15.9 Å². The molecule has 0 atom stereocenters. The molecule has 1 aromatic carbocycles. The average Bonchev–Trinajstić information content (AvgIpc) is 3.05. The first-order valence-electron chi connectivity index (χ1n) is 6.58. The van der Waals surface area contributed by atoms with Gasteiger partial charge in [0, 0.05) is 15.7 Å². The second-order valence-corrected chi connectivity index (χ2v) is 5.66. The molecule has 0 saturated carbocycles. The molecule has 0 bridgehead atoms. The van der Waals surface area contributed by atoms with Gasteiger partial charge < -0.3 is 15.1 Å². The molecule has 0 spiro atoms. The van der Waals surface area contributed by atoms with Crippen LogP contribution < -0.4 is 5.73 Å². The van der Waals surface area contributed by atoms with Crippen molar-refractivity contribution < 1.29 is 4.42 Å². The average molecular weight is 347 g/mol. The highest BCUT2D eigenvalue weighted by atomic mass is 79.9. The Balaban J connectivity index is 2.15. The molecule has 5 nitrogen and oxygen atoms in total. The zero-order chi connectivity index (χ0) is 15.0. The number of nitrogens with zero attached hydrogens (tertiary/aromatic N) is 2. The van der Waals surface area contributed by atoms with E-state index in [-0.39, 0.29) is 6.54 Å². The first-order valence-corrected chi connectivity index (χ1v) is 7.38. The first kappa shape index (κ1) is 14.0. The van der Waals surface area contributed by atoms with Gasteiger partial charge in [-0.2, -0.15) is 0 Å². The van der Waals surface area contributed by atoms with Gasteiger partial charge in [-0.15, -0.1) is 10.2 Å². The molecule has 3 aromatic rings. The fourth-order valence-corrected chi connectivity index (χ4v) is 2.95. The van der Waals surface area contributed by atoms with Crippen LogP contribution in [-0.2, 0) is 6.54 Å². The molecule has 6 heteroatoms. The number of hydrogen-bond donors (Lipinski definition) is 2. The number of aromatic nitrogens is 3. The van der Waals surface area contributed by atoms with Gasteiger partial charge in [-0.25, -0.2) is 0 Å². The largest absolute Gasteiger partial charge is 0.418 e. The van der Waals surface area contributed by atoms with Crippen molar-refractivity contribution in [3.63, 3.8) is 0 Å². The Bertz CT molecular complexity index is 791. The fraction of sp³-hybridized carbons (Fsp3) is 0.200. The van der Waals surface area contributed by atoms with E-state index in [9.17, 15) is 0 Å². The quantitative estimate of drug-likeness (QED) is 0.759. The summed E-state index contributed by atoms with van der Waals surface area (Å²) in [4.78, 5) is 3.33. The summed E-state index contributed by atoms with van der Waals surface area (Å²) in [5.41, 5.74) is 10.8. The third-order valence-electron chi connectivity index (χ3n) is 3.44. The van der Waals surface area contributed by atoms with E-state index in [0.29, 0.717) is 11.8 Å². The molecule has 0 aliphatic rings. The van der Waals surface area contributed by atoms with E-state index in [0.717, 1.165) is 32.6 Å². The van der Waals surface area contributed by atoms with Crippen LogP contribution in [0.25, 0.3) is 22.7 Å². The Morgan fingerprint density at radius 3 is 2.67 bits per heavy atom. The number of aryl methyl sites for hydroxylation is 1. The molecule has 3 N–H and O–H groups in total. The zero-order valence-electron chi connectivity index (χ0n) is 11.8. The molecular weight excluding hydrogens is 332 g/mol. The summed E-state index contributed by atoms with van der Waals surface area (Å²) in [5.74, 6) is 0.897. The van der Waals surface area contributed by atoms with Crippen molar-refractivity contribution in [3.05, 3.63) is 45.9 Å². The summed E-state index contributed by atoms with van der Waals surface area (Å²) >= 11 is 3.60. The van der Waals surface area contributed by atoms with Gasteiger partial charge in [-0.05, 0) is 31.0 Å². The molecule has 3 rings (SSSR count). The van der Waals surface area contributed by atoms with Gasteiger partial charge in [0.2, 0.25) is 5.89 Å². The highest BCUT2D eigenvalue weighted by molar-refractivity contribution is 9.10. The van der Waals surface area contributed by atoms with Crippen molar-refractivity contribution in [2.75, 3.05) is 0 Å². The normalized spacial score (nSPS) is 11.0. The van der Waals surface area contributed by atoms with Crippen LogP contribution in [0.2, 0.25) is 0 Å². The van der Waals surface area contributed by atoms with Crippen LogP contribution in [-0.4, -0.2) is 15.2 Å². The zero-order valence-corrected chi connectivity index (χ0v) is 13.4. The maximum atomic E-state index is 5.54. The van der Waals surface area contributed by atoms with E-state index >= 15 is 0 Å². The van der Waals surface area contributed by atoms with Crippen LogP contribution in [0.1, 0.15) is 17.1 Å². The van der Waals surface area contributed by atoms with Gasteiger partial charge >= 0.3 is 0 Å². The number of benzene rings is 1. The SMILES string of the molecule is Cc1[nH]c(-c2nnc(CN)o2)c(C)c1-c1ccccc1Br. The van der Waals surface area contributed by atoms with Crippen LogP contribution in [0.15, 0.2) is 33.2 Å². The number of nitrogens with one attached hydrogen (secondary N) is 1. The minimum Gasteiger partial charge on any atom is -0.418 e. The lowest BCUT2D eigenvalue weighted by atomic mass is 10.0. The van der Waals surface area contributed by atoms with Gasteiger partial charge in [0.1, 0.15) is 5.69 Å². The topological polar surface area (TPSA) is 80.7 Å². The van der Waals surface area contributed by atoms with Crippen molar-refractivity contribution in [3.8, 4) is 22.7 Å². The Kier molecular flexibility index (Phi) is 3.65. The number of H-pyrrole nitrogens is 1. The molecule has 2 heterocycles. The number of aromatic amines is 1. The Hall–Kier alpha value is -1.92. The van der Waals surface area contributed by atoms with Crippen LogP contribution in [0.4, 0.5) is 0 Å². The summed E-state index contributed by atoms with van der Waals surface area (Å²) in [7, 11) is 0. The lowest BCUT2D eigenvalue weighted by Gasteiger charge is -2.05. The molecule has 0 amide bonds. The number of halogens is 1. The monoisotopic (exact) mass is 346 g/mol. The lowest BCUT2D eigenvalue weighted by molar-refractivity contribution is 0.507. The van der Waals surface area contributed by atoms with E-state index in [1.165, 1.54) is 0 Å². The van der Waals surface area contributed by atoms with Crippen molar-refractivity contribution in [1.29, 1.82) is 0 Å². The van der Waals surface area contributed by atoms with Crippen molar-refractivity contribution in [1.82, 2.24) is 15.2 Å². The van der Waals surface area contributed by atoms with Crippen LogP contribution in [0.5, 0.6) is 0 Å². The highest BCUT2D eigenvalue weighted by Gasteiger charge is 2.19. The third kappa shape index (κ3) is 2.41. The molecule has 0 aliphatic heterocycles. The summed E-state index contributed by atoms with van der Waals surface area (Å²) in [5, 5.41) is 7.96. The predicted octanol–water partition coefficient (Wildman–Crippen LogP) is 3.57. The van der Waals surface area contributed by atoms with E-state index in [1.54, 1.807) is 0 Å². The van der Waals surface area contributed by atoms with E-state index < -0.39 is 0 Å². The van der Waals surface area contributed by atoms with E-state index in [4.69, 9.17) is 10.2 Å². The summed E-state index contributed by atoms with van der Waals surface area (Å²) in [6.07, 6.45) is 0. The van der Waals surface area contributed by atoms with Crippen molar-refractivity contribution in [2.45, 2.75) is 20.4 Å². The smallest absolute Gasteiger partial charge is 0.264 e. The summed E-state index contributed by atoms with van der Waals surface area (Å²) < 4.78 is 6.59. The summed E-state index contributed by atoms with van der Waals surface area (Å²) in [6.45, 7) is 4.31. The van der Waals surface area contributed by atoms with E-state index in [2.05, 4.69) is 37.2 Å². The van der Waals surface area contributed by atoms with Crippen molar-refractivity contribution >= 4 is 15.9 Å². The van der Waals surface area contributed by atoms with Gasteiger partial charge in [-0.1, -0.05) is 34.1 Å². The van der Waals surface area contributed by atoms with Crippen molar-refractivity contribution in [2.24, 2.45) is 5.73 Å². The molecule has 2 aromatic heterocycles. The summed E-state index contributed by atoms with van der Waals surface area (Å²) in [6, 6.07) is 8.12. The van der Waals surface area contributed by atoms with Crippen LogP contribution in [0, 0.1) is 13.8 Å². The molecule has 0 unspecified atom stereocenters. The van der Waals surface area contributed by atoms with Crippen LogP contribution in [0.3, 0.4) is 0 Å². The van der Waals surface area contributed by atoms with Gasteiger partial charge in [-0.3, -0.25) is 0 Å². The second-order valence-electron chi connectivity index (χ2n) is 4.81. The first-order chi connectivity index (χ1) is 10.1. The maximum absolute atomic E-state index is 5.54. The number of rotatable bonds is 3. The van der Waals surface area contributed by atoms with Gasteiger partial charge in [0.05, 0.1) is 6.54 Å². The third-order valence-corrected chi connectivity index (χ3v) is 4.13. The Labute approximate surface area is 130 Å². The standard InChI is InChI=1S/C15H15BrN4O/c1-8-13(10-5-3-4-6-11(10)16)9(2)18-14(8)15-20-19-12(7-17)21-15/h3-6,18H,7,17H2,1-2H3. The molecule has 0 aliphatic carbocycles. The minimum atomic E-state index is 0.239. The molecule has 0 fully saturated rings. The molecule has 0 radical (unpaired) electrons. The maximum Gasteiger partial charge on any atom is 0.264 e. The molecular formula is C15H15BrN4O. The van der Waals surface area contributed by atoms with Gasteiger partial charge in [0.25, 0.3) is 5.89 Å². The van der Waals surface area contributed by atoms with E-state index in [1.807, 2.05) is 32.0 Å².